The van der Waals surface area contributed by atoms with Crippen LogP contribution in [0.25, 0.3) is 0 Å². The number of nitrogens with one attached hydrogen (secondary N) is 1. The molecule has 1 heterocycles. The Morgan fingerprint density at radius 2 is 2.24 bits per heavy atom. The van der Waals surface area contributed by atoms with E-state index in [-0.39, 0.29) is 36.8 Å². The van der Waals surface area contributed by atoms with Crippen LogP contribution in [0.2, 0.25) is 0 Å². The lowest BCUT2D eigenvalue weighted by Crippen LogP contribution is -2.32. The van der Waals surface area contributed by atoms with Gasteiger partial charge in [0.25, 0.3) is 0 Å². The molecule has 7 heteroatoms. The van der Waals surface area contributed by atoms with E-state index in [1.54, 1.807) is 6.20 Å². The predicted octanol–water partition coefficient (Wildman–Crippen LogP) is 0.889. The van der Waals surface area contributed by atoms with Gasteiger partial charge in [-0.15, -0.1) is 24.8 Å². The van der Waals surface area contributed by atoms with Gasteiger partial charge in [-0.05, 0) is 13.8 Å². The summed E-state index contributed by atoms with van der Waals surface area (Å²) in [6.45, 7) is 5.11. The molecule has 0 saturated carbocycles. The summed E-state index contributed by atoms with van der Waals surface area (Å²) in [5, 5.41) is 2.81. The summed E-state index contributed by atoms with van der Waals surface area (Å²) in [6, 6.07) is -0.0834. The van der Waals surface area contributed by atoms with Gasteiger partial charge in [0.2, 0.25) is 5.91 Å². The van der Waals surface area contributed by atoms with E-state index in [0.717, 1.165) is 12.4 Å². The maximum atomic E-state index is 11.3. The minimum atomic E-state index is -0.0834. The number of carbonyl (C=O) groups is 1. The van der Waals surface area contributed by atoms with Gasteiger partial charge in [0, 0.05) is 37.9 Å². The van der Waals surface area contributed by atoms with Crippen molar-refractivity contribution in [2.24, 2.45) is 5.73 Å². The lowest BCUT2D eigenvalue weighted by Gasteiger charge is -2.08. The number of aromatic nitrogens is 2. The van der Waals surface area contributed by atoms with Crippen LogP contribution in [0.1, 0.15) is 19.2 Å². The van der Waals surface area contributed by atoms with Crippen molar-refractivity contribution >= 4 is 30.7 Å². The number of aryl methyl sites for hydroxylation is 1. The van der Waals surface area contributed by atoms with Crippen LogP contribution in [0, 0.1) is 6.92 Å². The van der Waals surface area contributed by atoms with Gasteiger partial charge in [0.05, 0.1) is 0 Å². The molecule has 0 spiro atoms. The first-order chi connectivity index (χ1) is 7.09. The molecule has 3 N–H and O–H groups in total. The number of amides is 1. The Hall–Kier alpha value is -0.780. The zero-order valence-electron chi connectivity index (χ0n) is 10.0. The zero-order chi connectivity index (χ0) is 11.3. The number of imidazole rings is 1. The molecule has 1 amide bonds. The molecule has 0 aromatic carbocycles. The molecular weight excluding hydrogens is 263 g/mol. The van der Waals surface area contributed by atoms with Crippen LogP contribution in [0.15, 0.2) is 12.4 Å². The van der Waals surface area contributed by atoms with Crippen molar-refractivity contribution in [1.29, 1.82) is 0 Å². The Morgan fingerprint density at radius 1 is 1.59 bits per heavy atom. The molecule has 100 valence electrons. The largest absolute Gasteiger partial charge is 0.354 e. The van der Waals surface area contributed by atoms with E-state index < -0.39 is 0 Å². The van der Waals surface area contributed by atoms with E-state index in [2.05, 4.69) is 10.3 Å². The van der Waals surface area contributed by atoms with Crippen molar-refractivity contribution in [3.63, 3.8) is 0 Å². The Balaban J connectivity index is 0. The quantitative estimate of drug-likeness (QED) is 0.843. The third-order valence-corrected chi connectivity index (χ3v) is 2.11. The van der Waals surface area contributed by atoms with Gasteiger partial charge in [-0.1, -0.05) is 0 Å². The smallest absolute Gasteiger partial charge is 0.221 e. The minimum absolute atomic E-state index is 0. The first-order valence-corrected chi connectivity index (χ1v) is 5.09. The molecule has 1 aromatic heterocycles. The molecule has 17 heavy (non-hydrogen) atoms. The number of halogens is 2. The van der Waals surface area contributed by atoms with E-state index in [1.807, 2.05) is 24.6 Å². The minimum Gasteiger partial charge on any atom is -0.354 e. The van der Waals surface area contributed by atoms with Gasteiger partial charge < -0.3 is 15.6 Å². The van der Waals surface area contributed by atoms with Crippen molar-refractivity contribution in [2.75, 3.05) is 6.54 Å². The first kappa shape index (κ1) is 18.6. The first-order valence-electron chi connectivity index (χ1n) is 5.09. The van der Waals surface area contributed by atoms with Crippen LogP contribution in [0.5, 0.6) is 0 Å². The van der Waals surface area contributed by atoms with E-state index in [0.29, 0.717) is 13.0 Å². The summed E-state index contributed by atoms with van der Waals surface area (Å²) in [6.07, 6.45) is 4.02. The van der Waals surface area contributed by atoms with Crippen LogP contribution >= 0.6 is 24.8 Å². The van der Waals surface area contributed by atoms with Crippen molar-refractivity contribution in [3.8, 4) is 0 Å². The third-order valence-electron chi connectivity index (χ3n) is 2.11. The fraction of sp³-hybridized carbons (Fsp3) is 0.600. The van der Waals surface area contributed by atoms with Crippen LogP contribution in [-0.4, -0.2) is 28.0 Å². The highest BCUT2D eigenvalue weighted by Crippen LogP contribution is 1.93. The van der Waals surface area contributed by atoms with Crippen molar-refractivity contribution < 1.29 is 4.79 Å². The van der Waals surface area contributed by atoms with Crippen molar-refractivity contribution in [1.82, 2.24) is 14.9 Å². The zero-order valence-corrected chi connectivity index (χ0v) is 11.7. The molecule has 0 aliphatic heterocycles. The molecule has 1 rings (SSSR count). The Labute approximate surface area is 114 Å². The summed E-state index contributed by atoms with van der Waals surface area (Å²) in [7, 11) is 0. The SMILES string of the molecule is Cc1nccn1CCNC(=O)CC(C)N.Cl.Cl. The maximum Gasteiger partial charge on any atom is 0.221 e. The van der Waals surface area contributed by atoms with Gasteiger partial charge >= 0.3 is 0 Å². The van der Waals surface area contributed by atoms with Crippen LogP contribution in [0.4, 0.5) is 0 Å². The van der Waals surface area contributed by atoms with Gasteiger partial charge in [-0.3, -0.25) is 4.79 Å². The van der Waals surface area contributed by atoms with Gasteiger partial charge in [0.1, 0.15) is 5.82 Å². The molecule has 0 radical (unpaired) electrons. The van der Waals surface area contributed by atoms with E-state index in [4.69, 9.17) is 5.73 Å². The highest BCUT2D eigenvalue weighted by Gasteiger charge is 2.04. The molecule has 1 atom stereocenters. The summed E-state index contributed by atoms with van der Waals surface area (Å²) < 4.78 is 1.99. The molecule has 1 unspecified atom stereocenters. The molecule has 0 aliphatic carbocycles. The predicted molar refractivity (Wildman–Crippen MR) is 72.7 cm³/mol. The average molecular weight is 283 g/mol. The summed E-state index contributed by atoms with van der Waals surface area (Å²) in [5.74, 6) is 0.958. The number of nitrogens with two attached hydrogens (primary N) is 1. The second-order valence-electron chi connectivity index (χ2n) is 3.70. The number of rotatable bonds is 5. The maximum absolute atomic E-state index is 11.3. The monoisotopic (exact) mass is 282 g/mol. The Bertz CT molecular complexity index is 328. The van der Waals surface area contributed by atoms with E-state index >= 15 is 0 Å². The molecule has 0 saturated heterocycles. The average Bonchev–Trinajstić information content (AvgIpc) is 2.50. The van der Waals surface area contributed by atoms with Gasteiger partial charge in [0.15, 0.2) is 0 Å². The lowest BCUT2D eigenvalue weighted by atomic mass is 10.2. The summed E-state index contributed by atoms with van der Waals surface area (Å²) in [5.41, 5.74) is 5.51. The van der Waals surface area contributed by atoms with Crippen LogP contribution in [-0.2, 0) is 11.3 Å². The summed E-state index contributed by atoms with van der Waals surface area (Å²) >= 11 is 0. The number of carbonyl (C=O) groups excluding carboxylic acids is 1. The number of hydrogen-bond acceptors (Lipinski definition) is 3. The highest BCUT2D eigenvalue weighted by atomic mass is 35.5. The second-order valence-corrected chi connectivity index (χ2v) is 3.70. The molecule has 0 bridgehead atoms. The van der Waals surface area contributed by atoms with Crippen LogP contribution in [0.3, 0.4) is 0 Å². The number of hydrogen-bond donors (Lipinski definition) is 2. The van der Waals surface area contributed by atoms with Crippen molar-refractivity contribution in [2.45, 2.75) is 32.9 Å². The fourth-order valence-electron chi connectivity index (χ4n) is 1.32. The van der Waals surface area contributed by atoms with Crippen LogP contribution < -0.4 is 11.1 Å². The summed E-state index contributed by atoms with van der Waals surface area (Å²) in [4.78, 5) is 15.3. The van der Waals surface area contributed by atoms with Gasteiger partial charge in [-0.2, -0.15) is 0 Å². The topological polar surface area (TPSA) is 72.9 Å². The van der Waals surface area contributed by atoms with Gasteiger partial charge in [-0.25, -0.2) is 4.98 Å². The van der Waals surface area contributed by atoms with E-state index in [1.165, 1.54) is 0 Å². The third kappa shape index (κ3) is 7.20. The standard InChI is InChI=1S/C10H18N4O.2ClH/c1-8(11)7-10(15)13-4-6-14-5-3-12-9(14)2;;/h3,5,8H,4,6-7,11H2,1-2H3,(H,13,15);2*1H. The van der Waals surface area contributed by atoms with E-state index in [9.17, 15) is 4.79 Å². The van der Waals surface area contributed by atoms with Crippen molar-refractivity contribution in [3.05, 3.63) is 18.2 Å². The number of nitrogens with zero attached hydrogens (tertiary/aromatic N) is 2. The molecule has 5 nitrogen and oxygen atoms in total. The normalized spacial score (nSPS) is 11.0. The molecular formula is C10H20Cl2N4O. The molecule has 0 fully saturated rings. The lowest BCUT2D eigenvalue weighted by molar-refractivity contribution is -0.121. The molecule has 0 aliphatic rings. The Morgan fingerprint density at radius 3 is 2.71 bits per heavy atom. The highest BCUT2D eigenvalue weighted by molar-refractivity contribution is 5.85. The molecule has 1 aromatic rings. The fourth-order valence-corrected chi connectivity index (χ4v) is 1.32. The second kappa shape index (κ2) is 9.27. The Kier molecular flexibility index (Phi) is 10.1.